The second-order valence-corrected chi connectivity index (χ2v) is 4.07. The topological polar surface area (TPSA) is 69.6 Å². The Kier molecular flexibility index (Phi) is 1.99. The van der Waals surface area contributed by atoms with Crippen molar-refractivity contribution in [3.05, 3.63) is 0 Å². The molecule has 5 nitrogen and oxygen atoms in total. The van der Waals surface area contributed by atoms with Gasteiger partial charge in [0.15, 0.2) is 0 Å². The molecule has 1 aliphatic carbocycles. The molecule has 2 aliphatic rings. The van der Waals surface area contributed by atoms with Crippen LogP contribution in [0.15, 0.2) is 0 Å². The molecule has 0 radical (unpaired) electrons. The van der Waals surface area contributed by atoms with Crippen molar-refractivity contribution in [1.29, 1.82) is 0 Å². The lowest BCUT2D eigenvalue weighted by Gasteiger charge is -2.35. The number of carbonyl (C=O) groups excluding carboxylic acids is 2. The van der Waals surface area contributed by atoms with Gasteiger partial charge in [-0.1, -0.05) is 0 Å². The molecule has 0 aromatic heterocycles. The first-order valence-corrected chi connectivity index (χ1v) is 4.87. The average Bonchev–Trinajstić information content (AvgIpc) is 2.36. The smallest absolute Gasteiger partial charge is 0.325 e. The largest absolute Gasteiger partial charge is 0.394 e. The molecule has 2 rings (SSSR count). The summed E-state index contributed by atoms with van der Waals surface area (Å²) < 4.78 is 0. The maximum atomic E-state index is 11.9. The Morgan fingerprint density at radius 2 is 2.21 bits per heavy atom. The van der Waals surface area contributed by atoms with Gasteiger partial charge in [0.25, 0.3) is 5.91 Å². The molecule has 1 aliphatic heterocycles. The minimum atomic E-state index is -0.624. The van der Waals surface area contributed by atoms with E-state index >= 15 is 0 Å². The van der Waals surface area contributed by atoms with Gasteiger partial charge in [-0.25, -0.2) is 4.79 Å². The Labute approximate surface area is 82.1 Å². The van der Waals surface area contributed by atoms with Crippen LogP contribution in [0.2, 0.25) is 0 Å². The van der Waals surface area contributed by atoms with Gasteiger partial charge in [0.1, 0.15) is 5.54 Å². The number of nitrogens with zero attached hydrogens (tertiary/aromatic N) is 1. The minimum Gasteiger partial charge on any atom is -0.394 e. The zero-order valence-electron chi connectivity index (χ0n) is 8.12. The number of hydrogen-bond acceptors (Lipinski definition) is 3. The van der Waals surface area contributed by atoms with Gasteiger partial charge in [0.2, 0.25) is 0 Å². The van der Waals surface area contributed by atoms with Crippen molar-refractivity contribution in [3.8, 4) is 0 Å². The van der Waals surface area contributed by atoms with E-state index < -0.39 is 11.6 Å². The van der Waals surface area contributed by atoms with E-state index in [2.05, 4.69) is 5.32 Å². The fraction of sp³-hybridized carbons (Fsp3) is 0.778. The van der Waals surface area contributed by atoms with Crippen molar-refractivity contribution in [1.82, 2.24) is 10.2 Å². The van der Waals surface area contributed by atoms with Crippen molar-refractivity contribution in [2.24, 2.45) is 0 Å². The molecule has 1 atom stereocenters. The number of carbonyl (C=O) groups is 2. The van der Waals surface area contributed by atoms with Crippen molar-refractivity contribution >= 4 is 11.9 Å². The predicted octanol–water partition coefficient (Wildman–Crippen LogP) is -0.158. The van der Waals surface area contributed by atoms with Crippen LogP contribution in [-0.2, 0) is 4.79 Å². The van der Waals surface area contributed by atoms with E-state index in [-0.39, 0.29) is 18.5 Å². The molecular formula is C9H14N2O3. The normalized spacial score (nSPS) is 26.3. The van der Waals surface area contributed by atoms with Crippen molar-refractivity contribution < 1.29 is 14.7 Å². The first-order valence-electron chi connectivity index (χ1n) is 4.87. The molecule has 0 aromatic rings. The molecule has 1 heterocycles. The van der Waals surface area contributed by atoms with Gasteiger partial charge in [0.05, 0.1) is 12.6 Å². The average molecular weight is 198 g/mol. The Hall–Kier alpha value is -1.10. The maximum absolute atomic E-state index is 11.9. The standard InChI is InChI=1S/C9H14N2O3/c1-6(5-12)11-7(13)9(3-2-4-9)10-8(11)14/h6,12H,2-5H2,1H3,(H,10,14)/t6-/m0/s1. The molecule has 1 saturated heterocycles. The third-order valence-corrected chi connectivity index (χ3v) is 3.11. The van der Waals surface area contributed by atoms with Crippen molar-refractivity contribution in [3.63, 3.8) is 0 Å². The number of urea groups is 1. The maximum Gasteiger partial charge on any atom is 0.325 e. The molecule has 0 aromatic carbocycles. The summed E-state index contributed by atoms with van der Waals surface area (Å²) in [4.78, 5) is 24.5. The van der Waals surface area contributed by atoms with E-state index in [1.807, 2.05) is 0 Å². The summed E-state index contributed by atoms with van der Waals surface area (Å²) in [7, 11) is 0. The number of amides is 3. The van der Waals surface area contributed by atoms with Crippen LogP contribution in [0.5, 0.6) is 0 Å². The first kappa shape index (κ1) is 9.45. The summed E-state index contributed by atoms with van der Waals surface area (Å²) in [5.74, 6) is -0.171. The second kappa shape index (κ2) is 2.95. The van der Waals surface area contributed by atoms with E-state index in [9.17, 15) is 9.59 Å². The number of rotatable bonds is 2. The lowest BCUT2D eigenvalue weighted by Crippen LogP contribution is -2.53. The summed E-state index contributed by atoms with van der Waals surface area (Å²) in [5.41, 5.74) is -0.624. The third-order valence-electron chi connectivity index (χ3n) is 3.11. The zero-order valence-corrected chi connectivity index (χ0v) is 8.12. The quantitative estimate of drug-likeness (QED) is 0.606. The van der Waals surface area contributed by atoms with Crippen LogP contribution in [0.25, 0.3) is 0 Å². The second-order valence-electron chi connectivity index (χ2n) is 4.07. The number of aliphatic hydroxyl groups excluding tert-OH is 1. The summed E-state index contributed by atoms with van der Waals surface area (Å²) in [6.45, 7) is 1.48. The first-order chi connectivity index (χ1) is 6.60. The van der Waals surface area contributed by atoms with Gasteiger partial charge in [-0.05, 0) is 26.2 Å². The molecule has 2 fully saturated rings. The van der Waals surface area contributed by atoms with Gasteiger partial charge < -0.3 is 10.4 Å². The molecule has 5 heteroatoms. The molecule has 1 saturated carbocycles. The molecule has 14 heavy (non-hydrogen) atoms. The molecule has 0 unspecified atom stereocenters. The highest BCUT2D eigenvalue weighted by Gasteiger charge is 2.55. The summed E-state index contributed by atoms with van der Waals surface area (Å²) in [5, 5.41) is 11.6. The van der Waals surface area contributed by atoms with Crippen molar-refractivity contribution in [2.45, 2.75) is 37.8 Å². The SMILES string of the molecule is C[C@@H](CO)N1C(=O)NC2(CCC2)C1=O. The lowest BCUT2D eigenvalue weighted by atomic mass is 9.77. The van der Waals surface area contributed by atoms with E-state index in [0.717, 1.165) is 24.2 Å². The van der Waals surface area contributed by atoms with E-state index in [0.29, 0.717) is 0 Å². The third kappa shape index (κ3) is 1.05. The fourth-order valence-electron chi connectivity index (χ4n) is 1.99. The van der Waals surface area contributed by atoms with Gasteiger partial charge in [0, 0.05) is 0 Å². The van der Waals surface area contributed by atoms with Gasteiger partial charge in [-0.3, -0.25) is 9.69 Å². The molecule has 3 amide bonds. The van der Waals surface area contributed by atoms with Crippen LogP contribution < -0.4 is 5.32 Å². The summed E-state index contributed by atoms with van der Waals surface area (Å²) in [6.07, 6.45) is 2.44. The highest BCUT2D eigenvalue weighted by Crippen LogP contribution is 2.37. The number of imide groups is 1. The molecule has 0 bridgehead atoms. The number of hydrogen-bond donors (Lipinski definition) is 2. The van der Waals surface area contributed by atoms with Crippen LogP contribution in [0, 0.1) is 0 Å². The molecule has 78 valence electrons. The van der Waals surface area contributed by atoms with Crippen LogP contribution in [-0.4, -0.2) is 40.1 Å². The Morgan fingerprint density at radius 1 is 1.57 bits per heavy atom. The zero-order chi connectivity index (χ0) is 10.3. The Balaban J connectivity index is 2.20. The van der Waals surface area contributed by atoms with Gasteiger partial charge in [-0.2, -0.15) is 0 Å². The Morgan fingerprint density at radius 3 is 2.57 bits per heavy atom. The fourth-order valence-corrected chi connectivity index (χ4v) is 1.99. The molecular weight excluding hydrogens is 184 g/mol. The van der Waals surface area contributed by atoms with Crippen molar-refractivity contribution in [2.75, 3.05) is 6.61 Å². The van der Waals surface area contributed by atoms with Gasteiger partial charge >= 0.3 is 6.03 Å². The minimum absolute atomic E-state index is 0.171. The van der Waals surface area contributed by atoms with Crippen LogP contribution in [0.4, 0.5) is 4.79 Å². The predicted molar refractivity (Wildman–Crippen MR) is 48.5 cm³/mol. The number of aliphatic hydroxyl groups is 1. The van der Waals surface area contributed by atoms with Gasteiger partial charge in [-0.15, -0.1) is 0 Å². The summed E-state index contributed by atoms with van der Waals surface area (Å²) >= 11 is 0. The van der Waals surface area contributed by atoms with Crippen LogP contribution in [0.3, 0.4) is 0 Å². The number of nitrogens with one attached hydrogen (secondary N) is 1. The highest BCUT2D eigenvalue weighted by atomic mass is 16.3. The Bertz CT molecular complexity index is 286. The van der Waals surface area contributed by atoms with E-state index in [1.165, 1.54) is 0 Å². The molecule has 1 spiro atoms. The van der Waals surface area contributed by atoms with E-state index in [1.54, 1.807) is 6.92 Å². The van der Waals surface area contributed by atoms with Crippen LogP contribution in [0.1, 0.15) is 26.2 Å². The van der Waals surface area contributed by atoms with Crippen LogP contribution >= 0.6 is 0 Å². The lowest BCUT2D eigenvalue weighted by molar-refractivity contribution is -0.135. The highest BCUT2D eigenvalue weighted by molar-refractivity contribution is 6.07. The summed E-state index contributed by atoms with van der Waals surface area (Å²) in [6, 6.07) is -0.793. The van der Waals surface area contributed by atoms with E-state index in [4.69, 9.17) is 5.11 Å². The monoisotopic (exact) mass is 198 g/mol. The molecule has 2 N–H and O–H groups in total.